The van der Waals surface area contributed by atoms with Crippen molar-refractivity contribution in [3.8, 4) is 11.9 Å². The number of pyridine rings is 2. The summed E-state index contributed by atoms with van der Waals surface area (Å²) >= 11 is 0. The van der Waals surface area contributed by atoms with E-state index in [0.717, 1.165) is 63.5 Å². The summed E-state index contributed by atoms with van der Waals surface area (Å²) in [7, 11) is 0. The van der Waals surface area contributed by atoms with Crippen molar-refractivity contribution < 1.29 is 9.53 Å². The topological polar surface area (TPSA) is 96.1 Å². The van der Waals surface area contributed by atoms with E-state index in [1.165, 1.54) is 18.4 Å². The van der Waals surface area contributed by atoms with E-state index in [1.807, 2.05) is 35.2 Å². The number of nitrogens with one attached hydrogen (secondary N) is 1. The van der Waals surface area contributed by atoms with Gasteiger partial charge in [0.2, 0.25) is 0 Å². The lowest BCUT2D eigenvalue weighted by Crippen LogP contribution is -2.47. The quantitative estimate of drug-likeness (QED) is 0.487. The van der Waals surface area contributed by atoms with Gasteiger partial charge in [-0.15, -0.1) is 12.4 Å². The number of halogens is 1. The first kappa shape index (κ1) is 26.4. The summed E-state index contributed by atoms with van der Waals surface area (Å²) in [6.07, 6.45) is 13.3. The molecule has 0 radical (unpaired) electrons. The maximum Gasteiger partial charge on any atom is 0.257 e. The van der Waals surface area contributed by atoms with Crippen molar-refractivity contribution in [3.63, 3.8) is 0 Å². The predicted molar refractivity (Wildman–Crippen MR) is 147 cm³/mol. The van der Waals surface area contributed by atoms with Gasteiger partial charge in [0.15, 0.2) is 0 Å². The maximum absolute atomic E-state index is 12.9. The highest BCUT2D eigenvalue weighted by molar-refractivity contribution is 6.04. The summed E-state index contributed by atoms with van der Waals surface area (Å²) in [5.74, 6) is 1.25. The third-order valence-electron chi connectivity index (χ3n) is 8.14. The molecule has 0 spiro atoms. The largest absolute Gasteiger partial charge is 0.379 e. The zero-order valence-corrected chi connectivity index (χ0v) is 22.2. The van der Waals surface area contributed by atoms with Crippen LogP contribution in [-0.4, -0.2) is 57.7 Å². The average molecular weight is 533 g/mol. The fraction of sp³-hybridized carbons (Fsp3) is 0.448. The van der Waals surface area contributed by atoms with Crippen molar-refractivity contribution in [1.29, 1.82) is 5.26 Å². The van der Waals surface area contributed by atoms with Gasteiger partial charge in [-0.2, -0.15) is 5.26 Å². The van der Waals surface area contributed by atoms with Crippen molar-refractivity contribution in [1.82, 2.24) is 19.4 Å². The Bertz CT molecular complexity index is 1280. The lowest BCUT2D eigenvalue weighted by Gasteiger charge is -2.41. The smallest absolute Gasteiger partial charge is 0.257 e. The first-order valence-electron chi connectivity index (χ1n) is 13.3. The van der Waals surface area contributed by atoms with Crippen molar-refractivity contribution in [2.75, 3.05) is 31.6 Å². The van der Waals surface area contributed by atoms with Gasteiger partial charge < -0.3 is 14.6 Å². The molecule has 0 unspecified atom stereocenters. The van der Waals surface area contributed by atoms with Crippen LogP contribution in [0.4, 0.5) is 5.69 Å². The first-order chi connectivity index (χ1) is 18.1. The van der Waals surface area contributed by atoms with Crippen molar-refractivity contribution in [2.24, 2.45) is 0 Å². The molecule has 1 aliphatic heterocycles. The number of carbonyl (C=O) groups excluding carboxylic acids is 1. The van der Waals surface area contributed by atoms with Crippen LogP contribution in [-0.2, 0) is 10.2 Å². The molecule has 9 heteroatoms. The number of hydrogen-bond donors (Lipinski definition) is 1. The minimum absolute atomic E-state index is 0. The number of morpholine rings is 1. The maximum atomic E-state index is 12.9. The molecule has 2 aliphatic carbocycles. The highest BCUT2D eigenvalue weighted by Crippen LogP contribution is 2.40. The number of nitriles is 1. The summed E-state index contributed by atoms with van der Waals surface area (Å²) in [5.41, 5.74) is 2.67. The van der Waals surface area contributed by atoms with Crippen LogP contribution in [0.15, 0.2) is 55.1 Å². The van der Waals surface area contributed by atoms with Gasteiger partial charge in [0, 0.05) is 37.7 Å². The summed E-state index contributed by atoms with van der Waals surface area (Å²) in [5, 5.41) is 13.0. The van der Waals surface area contributed by atoms with Crippen molar-refractivity contribution >= 4 is 24.0 Å². The number of nitrogens with zero attached hydrogens (tertiary/aromatic N) is 5. The van der Waals surface area contributed by atoms with Crippen LogP contribution in [0.1, 0.15) is 66.1 Å². The molecule has 3 aromatic heterocycles. The molecule has 3 fully saturated rings. The summed E-state index contributed by atoms with van der Waals surface area (Å²) in [6, 6.07) is 12.7. The van der Waals surface area contributed by atoms with E-state index in [4.69, 9.17) is 4.74 Å². The highest BCUT2D eigenvalue weighted by atomic mass is 35.5. The van der Waals surface area contributed by atoms with E-state index >= 15 is 0 Å². The number of carbonyl (C=O) groups is 1. The normalized spacial score (nSPS) is 23.7. The van der Waals surface area contributed by atoms with Crippen molar-refractivity contribution in [3.05, 3.63) is 71.9 Å². The van der Waals surface area contributed by atoms with Crippen LogP contribution < -0.4 is 5.32 Å². The lowest BCUT2D eigenvalue weighted by atomic mass is 9.71. The van der Waals surface area contributed by atoms with Crippen LogP contribution >= 0.6 is 12.4 Å². The Morgan fingerprint density at radius 1 is 1.03 bits per heavy atom. The number of anilines is 1. The SMILES string of the molecule is Cl.N#CC1(c2ccc(NC(=O)c3ccn(-c4ccc(C5CC5)cn4)c3)cn2)CCC(N2CCOCC2)CC1. The van der Waals surface area contributed by atoms with E-state index in [1.54, 1.807) is 18.5 Å². The molecule has 0 atom stereocenters. The molecule has 1 N–H and O–H groups in total. The number of ether oxygens (including phenoxy) is 1. The Hall–Kier alpha value is -3.25. The minimum atomic E-state index is -0.565. The second kappa shape index (κ2) is 11.2. The summed E-state index contributed by atoms with van der Waals surface area (Å²) in [6.45, 7) is 3.54. The molecule has 1 saturated heterocycles. The molecule has 2 saturated carbocycles. The molecule has 8 nitrogen and oxygen atoms in total. The molecule has 3 aliphatic rings. The van der Waals surface area contributed by atoms with Gasteiger partial charge in [-0.05, 0) is 74.3 Å². The van der Waals surface area contributed by atoms with E-state index in [2.05, 4.69) is 32.3 Å². The van der Waals surface area contributed by atoms with Gasteiger partial charge in [-0.1, -0.05) is 6.07 Å². The fourth-order valence-corrected chi connectivity index (χ4v) is 5.66. The standard InChI is InChI=1S/C29H32N6O2.ClH/c30-20-29(10-7-25(8-11-29)34-13-15-37-16-14-34)26-5-4-24(18-31-26)33-28(36)23-9-12-35(19-23)27-6-3-22(17-32-27)21-1-2-21;/h3-6,9,12,17-19,21,25H,1-2,7-8,10-11,13-16H2,(H,33,36);1H. The zero-order valence-electron chi connectivity index (χ0n) is 21.4. The van der Waals surface area contributed by atoms with Gasteiger partial charge >= 0.3 is 0 Å². The Morgan fingerprint density at radius 2 is 1.82 bits per heavy atom. The van der Waals surface area contributed by atoms with Gasteiger partial charge in [0.05, 0.1) is 47.8 Å². The molecular weight excluding hydrogens is 500 g/mol. The zero-order chi connectivity index (χ0) is 25.2. The Labute approximate surface area is 229 Å². The van der Waals surface area contributed by atoms with E-state index in [0.29, 0.717) is 23.2 Å². The molecule has 6 rings (SSSR count). The third-order valence-corrected chi connectivity index (χ3v) is 8.14. The Balaban J connectivity index is 0.00000294. The molecule has 0 aromatic carbocycles. The van der Waals surface area contributed by atoms with Crippen LogP contribution in [0.2, 0.25) is 0 Å². The van der Waals surface area contributed by atoms with Crippen molar-refractivity contribution in [2.45, 2.75) is 55.9 Å². The summed E-state index contributed by atoms with van der Waals surface area (Å²) < 4.78 is 7.34. The Morgan fingerprint density at radius 3 is 2.45 bits per heavy atom. The molecule has 38 heavy (non-hydrogen) atoms. The molecule has 0 bridgehead atoms. The first-order valence-corrected chi connectivity index (χ1v) is 13.3. The minimum Gasteiger partial charge on any atom is -0.379 e. The predicted octanol–water partition coefficient (Wildman–Crippen LogP) is 4.85. The lowest BCUT2D eigenvalue weighted by molar-refractivity contribution is 0.00493. The third kappa shape index (κ3) is 5.46. The van der Waals surface area contributed by atoms with Gasteiger partial charge in [0.25, 0.3) is 5.91 Å². The fourth-order valence-electron chi connectivity index (χ4n) is 5.66. The molecule has 198 valence electrons. The van der Waals surface area contributed by atoms with Gasteiger partial charge in [-0.3, -0.25) is 14.7 Å². The molecule has 1 amide bonds. The van der Waals surface area contributed by atoms with Gasteiger partial charge in [0.1, 0.15) is 5.82 Å². The highest BCUT2D eigenvalue weighted by Gasteiger charge is 2.40. The van der Waals surface area contributed by atoms with Crippen LogP contribution in [0.25, 0.3) is 5.82 Å². The number of aromatic nitrogens is 3. The van der Waals surface area contributed by atoms with Gasteiger partial charge in [-0.25, -0.2) is 4.98 Å². The van der Waals surface area contributed by atoms with E-state index in [9.17, 15) is 10.1 Å². The second-order valence-corrected chi connectivity index (χ2v) is 10.5. The number of hydrogen-bond acceptors (Lipinski definition) is 6. The molecule has 4 heterocycles. The number of amides is 1. The van der Waals surface area contributed by atoms with E-state index in [-0.39, 0.29) is 18.3 Å². The number of rotatable bonds is 6. The van der Waals surface area contributed by atoms with E-state index < -0.39 is 5.41 Å². The average Bonchev–Trinajstić information content (AvgIpc) is 3.70. The second-order valence-electron chi connectivity index (χ2n) is 10.5. The Kier molecular flexibility index (Phi) is 7.80. The molecular formula is C29H33ClN6O2. The molecule has 3 aromatic rings. The van der Waals surface area contributed by atoms with Crippen LogP contribution in [0.5, 0.6) is 0 Å². The monoisotopic (exact) mass is 532 g/mol. The van der Waals surface area contributed by atoms with Crippen LogP contribution in [0.3, 0.4) is 0 Å². The summed E-state index contributed by atoms with van der Waals surface area (Å²) in [4.78, 5) is 24.5. The van der Waals surface area contributed by atoms with Crippen LogP contribution in [0, 0.1) is 11.3 Å².